The summed E-state index contributed by atoms with van der Waals surface area (Å²) in [5.74, 6) is 0.0485. The summed E-state index contributed by atoms with van der Waals surface area (Å²) in [5, 5.41) is 19.3. The average molecular weight is 368 g/mol. The summed E-state index contributed by atoms with van der Waals surface area (Å²) >= 11 is 0. The standard InChI is InChI=1S/C19H28O7/c1-4-9-22-13-7-5-12(6-8-13)11-23-16-15(14(21)10-20)24-18-17(16)25-19(2,3)26-18/h5-8,14-18,20-21H,4,9-11H2,1-3H3/t14-,15+,16-,17+,18+/m1/s1. The first-order valence-electron chi connectivity index (χ1n) is 9.07. The molecule has 0 radical (unpaired) electrons. The van der Waals surface area contributed by atoms with Gasteiger partial charge in [0.2, 0.25) is 0 Å². The van der Waals surface area contributed by atoms with Crippen LogP contribution in [0.5, 0.6) is 5.75 Å². The fourth-order valence-electron chi connectivity index (χ4n) is 3.20. The third kappa shape index (κ3) is 4.36. The Hall–Kier alpha value is -1.22. The second-order valence-corrected chi connectivity index (χ2v) is 7.09. The van der Waals surface area contributed by atoms with Gasteiger partial charge in [0.25, 0.3) is 0 Å². The van der Waals surface area contributed by atoms with Crippen LogP contribution in [0.25, 0.3) is 0 Å². The van der Waals surface area contributed by atoms with Gasteiger partial charge in [-0.2, -0.15) is 0 Å². The molecule has 0 bridgehead atoms. The second kappa shape index (κ2) is 8.21. The van der Waals surface area contributed by atoms with Gasteiger partial charge in [-0.05, 0) is 38.0 Å². The largest absolute Gasteiger partial charge is 0.494 e. The molecule has 0 amide bonds. The molecule has 146 valence electrons. The second-order valence-electron chi connectivity index (χ2n) is 7.09. The Morgan fingerprint density at radius 1 is 1.19 bits per heavy atom. The molecule has 2 heterocycles. The van der Waals surface area contributed by atoms with Gasteiger partial charge in [-0.15, -0.1) is 0 Å². The summed E-state index contributed by atoms with van der Waals surface area (Å²) < 4.78 is 28.9. The highest BCUT2D eigenvalue weighted by Gasteiger charge is 2.56. The molecule has 5 atom stereocenters. The number of aliphatic hydroxyl groups is 2. The number of rotatable bonds is 8. The van der Waals surface area contributed by atoms with E-state index in [4.69, 9.17) is 23.7 Å². The van der Waals surface area contributed by atoms with E-state index in [0.29, 0.717) is 13.2 Å². The van der Waals surface area contributed by atoms with Crippen molar-refractivity contribution in [2.75, 3.05) is 13.2 Å². The number of benzene rings is 1. The van der Waals surface area contributed by atoms with Gasteiger partial charge in [0.1, 0.15) is 30.2 Å². The van der Waals surface area contributed by atoms with E-state index < -0.39 is 43.1 Å². The van der Waals surface area contributed by atoms with Crippen molar-refractivity contribution in [3.63, 3.8) is 0 Å². The van der Waals surface area contributed by atoms with E-state index in [1.54, 1.807) is 13.8 Å². The van der Waals surface area contributed by atoms with E-state index >= 15 is 0 Å². The topological polar surface area (TPSA) is 86.6 Å². The van der Waals surface area contributed by atoms with Crippen LogP contribution >= 0.6 is 0 Å². The quantitative estimate of drug-likeness (QED) is 0.720. The molecule has 0 saturated carbocycles. The summed E-state index contributed by atoms with van der Waals surface area (Å²) in [7, 11) is 0. The van der Waals surface area contributed by atoms with E-state index in [-0.39, 0.29) is 0 Å². The molecule has 0 unspecified atom stereocenters. The first-order valence-corrected chi connectivity index (χ1v) is 9.07. The molecule has 2 saturated heterocycles. The molecular weight excluding hydrogens is 340 g/mol. The van der Waals surface area contributed by atoms with Crippen molar-refractivity contribution in [2.45, 2.75) is 70.3 Å². The minimum absolute atomic E-state index is 0.323. The lowest BCUT2D eigenvalue weighted by atomic mass is 10.1. The molecule has 2 fully saturated rings. The lowest BCUT2D eigenvalue weighted by molar-refractivity contribution is -0.232. The lowest BCUT2D eigenvalue weighted by Gasteiger charge is -2.28. The van der Waals surface area contributed by atoms with E-state index in [1.165, 1.54) is 0 Å². The maximum Gasteiger partial charge on any atom is 0.190 e. The van der Waals surface area contributed by atoms with Gasteiger partial charge in [-0.1, -0.05) is 19.1 Å². The Labute approximate surface area is 153 Å². The molecule has 1 aromatic carbocycles. The van der Waals surface area contributed by atoms with Crippen LogP contribution in [0.1, 0.15) is 32.8 Å². The molecule has 3 rings (SSSR count). The van der Waals surface area contributed by atoms with E-state index in [0.717, 1.165) is 17.7 Å². The van der Waals surface area contributed by atoms with Gasteiger partial charge < -0.3 is 33.9 Å². The smallest absolute Gasteiger partial charge is 0.190 e. The SMILES string of the molecule is CCCOc1ccc(CO[C@H]2[C@@H]3OC(C)(C)O[C@@H]3O[C@H]2[C@H](O)CO)cc1. The average Bonchev–Trinajstić information content (AvgIpc) is 3.10. The Morgan fingerprint density at radius 3 is 2.58 bits per heavy atom. The highest BCUT2D eigenvalue weighted by atomic mass is 16.8. The van der Waals surface area contributed by atoms with Crippen molar-refractivity contribution in [1.29, 1.82) is 0 Å². The van der Waals surface area contributed by atoms with Gasteiger partial charge >= 0.3 is 0 Å². The van der Waals surface area contributed by atoms with Crippen LogP contribution in [-0.2, 0) is 25.6 Å². The van der Waals surface area contributed by atoms with Crippen LogP contribution < -0.4 is 4.74 Å². The molecular formula is C19H28O7. The van der Waals surface area contributed by atoms with Crippen LogP contribution in [0, 0.1) is 0 Å². The zero-order chi connectivity index (χ0) is 18.7. The van der Waals surface area contributed by atoms with Crippen LogP contribution in [0.3, 0.4) is 0 Å². The van der Waals surface area contributed by atoms with E-state index in [1.807, 2.05) is 24.3 Å². The lowest BCUT2D eigenvalue weighted by Crippen LogP contribution is -2.44. The predicted octanol–water partition coefficient (Wildman–Crippen LogP) is 1.59. The Kier molecular flexibility index (Phi) is 6.17. The number of hydrogen-bond acceptors (Lipinski definition) is 7. The molecule has 2 aliphatic heterocycles. The van der Waals surface area contributed by atoms with Gasteiger partial charge in [0, 0.05) is 0 Å². The van der Waals surface area contributed by atoms with Crippen LogP contribution in [-0.4, -0.2) is 59.9 Å². The minimum atomic E-state index is -1.06. The van der Waals surface area contributed by atoms with Gasteiger partial charge in [0.05, 0.1) is 19.8 Å². The Bertz CT molecular complexity index is 574. The summed E-state index contributed by atoms with van der Waals surface area (Å²) in [4.78, 5) is 0. The van der Waals surface area contributed by atoms with E-state index in [2.05, 4.69) is 6.92 Å². The van der Waals surface area contributed by atoms with Crippen molar-refractivity contribution in [3.05, 3.63) is 29.8 Å². The minimum Gasteiger partial charge on any atom is -0.494 e. The van der Waals surface area contributed by atoms with Gasteiger partial charge in [0.15, 0.2) is 12.1 Å². The molecule has 0 spiro atoms. The number of aliphatic hydroxyl groups excluding tert-OH is 2. The van der Waals surface area contributed by atoms with Crippen LogP contribution in [0.15, 0.2) is 24.3 Å². The third-order valence-electron chi connectivity index (χ3n) is 4.43. The monoisotopic (exact) mass is 368 g/mol. The number of hydrogen-bond donors (Lipinski definition) is 2. The highest BCUT2D eigenvalue weighted by Crippen LogP contribution is 2.39. The maximum absolute atomic E-state index is 10.0. The molecule has 2 aliphatic rings. The van der Waals surface area contributed by atoms with Crippen molar-refractivity contribution in [1.82, 2.24) is 0 Å². The van der Waals surface area contributed by atoms with E-state index in [9.17, 15) is 10.2 Å². The third-order valence-corrected chi connectivity index (χ3v) is 4.43. The van der Waals surface area contributed by atoms with Gasteiger partial charge in [-0.3, -0.25) is 0 Å². The summed E-state index contributed by atoms with van der Waals surface area (Å²) in [5.41, 5.74) is 0.965. The van der Waals surface area contributed by atoms with Crippen molar-refractivity contribution in [3.8, 4) is 5.75 Å². The number of ether oxygens (including phenoxy) is 5. The molecule has 1 aromatic rings. The predicted molar refractivity (Wildman–Crippen MR) is 92.6 cm³/mol. The molecule has 0 aromatic heterocycles. The fourth-order valence-corrected chi connectivity index (χ4v) is 3.20. The van der Waals surface area contributed by atoms with Gasteiger partial charge in [-0.25, -0.2) is 0 Å². The fraction of sp³-hybridized carbons (Fsp3) is 0.684. The maximum atomic E-state index is 10.0. The Morgan fingerprint density at radius 2 is 1.92 bits per heavy atom. The first-order chi connectivity index (χ1) is 12.4. The summed E-state index contributed by atoms with van der Waals surface area (Å²) in [6.45, 7) is 6.26. The first kappa shape index (κ1) is 19.5. The molecule has 0 aliphatic carbocycles. The van der Waals surface area contributed by atoms with Crippen LogP contribution in [0.2, 0.25) is 0 Å². The van der Waals surface area contributed by atoms with Crippen LogP contribution in [0.4, 0.5) is 0 Å². The summed E-state index contributed by atoms with van der Waals surface area (Å²) in [6, 6.07) is 7.68. The van der Waals surface area contributed by atoms with Crippen molar-refractivity contribution >= 4 is 0 Å². The Balaban J connectivity index is 1.63. The normalized spacial score (nSPS) is 31.0. The molecule has 2 N–H and O–H groups in total. The van der Waals surface area contributed by atoms with Crippen molar-refractivity contribution in [2.24, 2.45) is 0 Å². The molecule has 7 nitrogen and oxygen atoms in total. The van der Waals surface area contributed by atoms with Crippen molar-refractivity contribution < 1.29 is 33.9 Å². The molecule has 7 heteroatoms. The highest BCUT2D eigenvalue weighted by molar-refractivity contribution is 5.26. The zero-order valence-electron chi connectivity index (χ0n) is 15.5. The summed E-state index contributed by atoms with van der Waals surface area (Å²) in [6.07, 6.45) is -2.43. The molecule has 26 heavy (non-hydrogen) atoms. The zero-order valence-corrected chi connectivity index (χ0v) is 15.5. The number of fused-ring (bicyclic) bond motifs is 1.